The number of nitrogens with two attached hydrogens (primary N) is 1. The maximum atomic E-state index is 12.8. The Morgan fingerprint density at radius 2 is 1.76 bits per heavy atom. The first-order chi connectivity index (χ1) is 10.0. The number of primary amides is 1. The number of hydrogen-bond donors (Lipinski definition) is 2. The molecule has 0 aromatic heterocycles. The normalized spacial score (nSPS) is 10.1. The summed E-state index contributed by atoms with van der Waals surface area (Å²) in [7, 11) is 0. The SMILES string of the molecule is NC(=O)c1cccc(CNC(=O)Cc2ccc(F)cc2)c1. The van der Waals surface area contributed by atoms with E-state index < -0.39 is 5.91 Å². The van der Waals surface area contributed by atoms with Crippen LogP contribution in [0.25, 0.3) is 0 Å². The summed E-state index contributed by atoms with van der Waals surface area (Å²) < 4.78 is 12.8. The van der Waals surface area contributed by atoms with Crippen molar-refractivity contribution in [2.75, 3.05) is 0 Å². The minimum atomic E-state index is -0.505. The summed E-state index contributed by atoms with van der Waals surface area (Å²) in [5.74, 6) is -1.01. The summed E-state index contributed by atoms with van der Waals surface area (Å²) in [6, 6.07) is 12.5. The zero-order chi connectivity index (χ0) is 15.2. The Morgan fingerprint density at radius 1 is 1.05 bits per heavy atom. The smallest absolute Gasteiger partial charge is 0.248 e. The van der Waals surface area contributed by atoms with Gasteiger partial charge in [0.25, 0.3) is 0 Å². The summed E-state index contributed by atoms with van der Waals surface area (Å²) in [6.07, 6.45) is 0.176. The largest absolute Gasteiger partial charge is 0.366 e. The quantitative estimate of drug-likeness (QED) is 0.879. The Balaban J connectivity index is 1.90. The molecule has 0 bridgehead atoms. The van der Waals surface area contributed by atoms with E-state index in [4.69, 9.17) is 5.73 Å². The van der Waals surface area contributed by atoms with Crippen molar-refractivity contribution in [1.82, 2.24) is 5.32 Å². The van der Waals surface area contributed by atoms with Gasteiger partial charge < -0.3 is 11.1 Å². The van der Waals surface area contributed by atoms with Crippen LogP contribution in [0.5, 0.6) is 0 Å². The minimum absolute atomic E-state index is 0.175. The molecule has 0 spiro atoms. The minimum Gasteiger partial charge on any atom is -0.366 e. The van der Waals surface area contributed by atoms with Crippen LogP contribution in [0.3, 0.4) is 0 Å². The molecule has 5 heteroatoms. The predicted molar refractivity (Wildman–Crippen MR) is 76.9 cm³/mol. The lowest BCUT2D eigenvalue weighted by atomic mass is 10.1. The van der Waals surface area contributed by atoms with Gasteiger partial charge in [-0.3, -0.25) is 9.59 Å². The molecule has 2 rings (SSSR count). The molecular weight excluding hydrogens is 271 g/mol. The first-order valence-corrected chi connectivity index (χ1v) is 6.44. The molecule has 4 nitrogen and oxygen atoms in total. The van der Waals surface area contributed by atoms with Crippen molar-refractivity contribution in [3.8, 4) is 0 Å². The number of rotatable bonds is 5. The third-order valence-corrected chi connectivity index (χ3v) is 2.98. The van der Waals surface area contributed by atoms with Crippen molar-refractivity contribution < 1.29 is 14.0 Å². The van der Waals surface area contributed by atoms with Crippen molar-refractivity contribution >= 4 is 11.8 Å². The van der Waals surface area contributed by atoms with Crippen LogP contribution in [0, 0.1) is 5.82 Å². The molecule has 0 unspecified atom stereocenters. The molecule has 2 aromatic rings. The number of halogens is 1. The van der Waals surface area contributed by atoms with Gasteiger partial charge in [0.05, 0.1) is 6.42 Å². The van der Waals surface area contributed by atoms with Gasteiger partial charge in [0.15, 0.2) is 0 Å². The fourth-order valence-corrected chi connectivity index (χ4v) is 1.89. The van der Waals surface area contributed by atoms with Crippen molar-refractivity contribution in [3.05, 3.63) is 71.0 Å². The van der Waals surface area contributed by atoms with Crippen LogP contribution in [0.15, 0.2) is 48.5 Å². The molecule has 0 heterocycles. The van der Waals surface area contributed by atoms with Gasteiger partial charge in [0, 0.05) is 12.1 Å². The maximum absolute atomic E-state index is 12.8. The molecule has 0 radical (unpaired) electrons. The number of carbonyl (C=O) groups excluding carboxylic acids is 2. The summed E-state index contributed by atoms with van der Waals surface area (Å²) in [6.45, 7) is 0.307. The van der Waals surface area contributed by atoms with Crippen molar-refractivity contribution in [1.29, 1.82) is 0 Å². The van der Waals surface area contributed by atoms with Crippen LogP contribution >= 0.6 is 0 Å². The van der Waals surface area contributed by atoms with Gasteiger partial charge in [-0.25, -0.2) is 4.39 Å². The van der Waals surface area contributed by atoms with E-state index in [1.165, 1.54) is 12.1 Å². The molecule has 0 saturated heterocycles. The standard InChI is InChI=1S/C16H15FN2O2/c17-14-6-4-11(5-7-14)9-15(20)19-10-12-2-1-3-13(8-12)16(18)21/h1-8H,9-10H2,(H2,18,21)(H,19,20). The first-order valence-electron chi connectivity index (χ1n) is 6.44. The highest BCUT2D eigenvalue weighted by Crippen LogP contribution is 2.06. The van der Waals surface area contributed by atoms with Crippen molar-refractivity contribution in [2.45, 2.75) is 13.0 Å². The average molecular weight is 286 g/mol. The van der Waals surface area contributed by atoms with Gasteiger partial charge >= 0.3 is 0 Å². The molecule has 2 amide bonds. The summed E-state index contributed by atoms with van der Waals surface area (Å²) in [4.78, 5) is 22.9. The maximum Gasteiger partial charge on any atom is 0.248 e. The second-order valence-electron chi connectivity index (χ2n) is 4.64. The van der Waals surface area contributed by atoms with Gasteiger partial charge in [-0.1, -0.05) is 24.3 Å². The highest BCUT2D eigenvalue weighted by Gasteiger charge is 2.05. The van der Waals surface area contributed by atoms with Gasteiger partial charge in [-0.05, 0) is 35.4 Å². The fraction of sp³-hybridized carbons (Fsp3) is 0.125. The zero-order valence-corrected chi connectivity index (χ0v) is 11.3. The highest BCUT2D eigenvalue weighted by molar-refractivity contribution is 5.92. The summed E-state index contributed by atoms with van der Waals surface area (Å²) in [5.41, 5.74) is 7.13. The number of amides is 2. The molecule has 0 fully saturated rings. The molecule has 3 N–H and O–H groups in total. The van der Waals surface area contributed by atoms with E-state index in [2.05, 4.69) is 5.32 Å². The van der Waals surface area contributed by atoms with Gasteiger partial charge in [-0.2, -0.15) is 0 Å². The Kier molecular flexibility index (Phi) is 4.66. The highest BCUT2D eigenvalue weighted by atomic mass is 19.1. The van der Waals surface area contributed by atoms with Crippen molar-refractivity contribution in [3.63, 3.8) is 0 Å². The van der Waals surface area contributed by atoms with E-state index in [9.17, 15) is 14.0 Å². The molecule has 0 aliphatic heterocycles. The Morgan fingerprint density at radius 3 is 2.43 bits per heavy atom. The van der Waals surface area contributed by atoms with Gasteiger partial charge in [-0.15, -0.1) is 0 Å². The summed E-state index contributed by atoms with van der Waals surface area (Å²) in [5, 5.41) is 2.74. The molecule has 0 aliphatic carbocycles. The third-order valence-electron chi connectivity index (χ3n) is 2.98. The number of carbonyl (C=O) groups is 2. The molecule has 0 saturated carbocycles. The first kappa shape index (κ1) is 14.7. The molecular formula is C16H15FN2O2. The van der Waals surface area contributed by atoms with Crippen molar-refractivity contribution in [2.24, 2.45) is 5.73 Å². The second-order valence-corrected chi connectivity index (χ2v) is 4.64. The van der Waals surface area contributed by atoms with Gasteiger partial charge in [0.2, 0.25) is 11.8 Å². The topological polar surface area (TPSA) is 72.2 Å². The number of hydrogen-bond acceptors (Lipinski definition) is 2. The lowest BCUT2D eigenvalue weighted by Gasteiger charge is -2.06. The van der Waals surface area contributed by atoms with Crippen LogP contribution in [-0.4, -0.2) is 11.8 Å². The van der Waals surface area contributed by atoms with Crippen LogP contribution in [0.1, 0.15) is 21.5 Å². The van der Waals surface area contributed by atoms with Crippen LogP contribution in [0.4, 0.5) is 4.39 Å². The Hall–Kier alpha value is -2.69. The van der Waals surface area contributed by atoms with Crippen LogP contribution in [-0.2, 0) is 17.8 Å². The van der Waals surface area contributed by atoms with E-state index in [1.807, 2.05) is 0 Å². The monoisotopic (exact) mass is 286 g/mol. The van der Waals surface area contributed by atoms with Crippen LogP contribution in [0.2, 0.25) is 0 Å². The molecule has 0 atom stereocenters. The lowest BCUT2D eigenvalue weighted by molar-refractivity contribution is -0.120. The Bertz CT molecular complexity index is 654. The molecule has 2 aromatic carbocycles. The predicted octanol–water partition coefficient (Wildman–Crippen LogP) is 1.78. The number of nitrogens with one attached hydrogen (secondary N) is 1. The average Bonchev–Trinajstić information content (AvgIpc) is 2.48. The Labute approximate surface area is 121 Å². The second kappa shape index (κ2) is 6.65. The molecule has 108 valence electrons. The van der Waals surface area contributed by atoms with E-state index in [1.54, 1.807) is 36.4 Å². The molecule has 21 heavy (non-hydrogen) atoms. The van der Waals surface area contributed by atoms with E-state index in [0.717, 1.165) is 11.1 Å². The number of benzene rings is 2. The van der Waals surface area contributed by atoms with E-state index >= 15 is 0 Å². The fourth-order valence-electron chi connectivity index (χ4n) is 1.89. The van der Waals surface area contributed by atoms with Crippen LogP contribution < -0.4 is 11.1 Å². The summed E-state index contributed by atoms with van der Waals surface area (Å²) >= 11 is 0. The van der Waals surface area contributed by atoms with E-state index in [0.29, 0.717) is 12.1 Å². The lowest BCUT2D eigenvalue weighted by Crippen LogP contribution is -2.24. The third kappa shape index (κ3) is 4.42. The van der Waals surface area contributed by atoms with E-state index in [-0.39, 0.29) is 18.1 Å². The zero-order valence-electron chi connectivity index (χ0n) is 11.3. The molecule has 0 aliphatic rings. The van der Waals surface area contributed by atoms with Gasteiger partial charge in [0.1, 0.15) is 5.82 Å².